The van der Waals surface area contributed by atoms with E-state index >= 15 is 0 Å². The van der Waals surface area contributed by atoms with Crippen LogP contribution in [0.1, 0.15) is 28.9 Å². The Morgan fingerprint density at radius 2 is 1.78 bits per heavy atom. The Balaban J connectivity index is 2.05. The van der Waals surface area contributed by atoms with Crippen molar-refractivity contribution in [2.45, 2.75) is 26.8 Å². The summed E-state index contributed by atoms with van der Waals surface area (Å²) in [4.78, 5) is 4.78. The number of rotatable bonds is 5. The third kappa shape index (κ3) is 3.35. The fourth-order valence-corrected chi connectivity index (χ4v) is 2.72. The smallest absolute Gasteiger partial charge is 0.133 e. The van der Waals surface area contributed by atoms with Crippen molar-refractivity contribution in [3.8, 4) is 0 Å². The molecule has 2 aromatic carbocycles. The van der Waals surface area contributed by atoms with E-state index in [1.807, 2.05) is 18.2 Å². The molecule has 3 heteroatoms. The molecule has 118 valence electrons. The molecule has 3 rings (SSSR count). The van der Waals surface area contributed by atoms with Crippen LogP contribution in [0.3, 0.4) is 0 Å². The molecule has 0 bridgehead atoms. The first-order valence-corrected chi connectivity index (χ1v) is 8.00. The largest absolute Gasteiger partial charge is 0.396 e. The molecular formula is C20H22N2O. The maximum atomic E-state index is 9.18. The molecule has 0 saturated carbocycles. The molecule has 0 atom stereocenters. The van der Waals surface area contributed by atoms with Crippen molar-refractivity contribution in [2.75, 3.05) is 6.61 Å². The van der Waals surface area contributed by atoms with Crippen LogP contribution >= 0.6 is 0 Å². The lowest BCUT2D eigenvalue weighted by Gasteiger charge is -2.07. The lowest BCUT2D eigenvalue weighted by molar-refractivity contribution is 0.280. The molecule has 0 aliphatic carbocycles. The topological polar surface area (TPSA) is 38.0 Å². The average molecular weight is 306 g/mol. The predicted octanol–water partition coefficient (Wildman–Crippen LogP) is 4.21. The van der Waals surface area contributed by atoms with Gasteiger partial charge in [-0.15, -0.1) is 0 Å². The molecule has 0 saturated heterocycles. The minimum atomic E-state index is 0.187. The van der Waals surface area contributed by atoms with E-state index in [0.717, 1.165) is 35.4 Å². The van der Waals surface area contributed by atoms with Gasteiger partial charge in [-0.2, -0.15) is 0 Å². The van der Waals surface area contributed by atoms with Crippen molar-refractivity contribution in [2.24, 2.45) is 0 Å². The summed E-state index contributed by atoms with van der Waals surface area (Å²) in [6, 6.07) is 14.5. The van der Waals surface area contributed by atoms with E-state index in [-0.39, 0.29) is 6.61 Å². The first-order chi connectivity index (χ1) is 11.2. The molecule has 1 heterocycles. The van der Waals surface area contributed by atoms with Crippen LogP contribution in [0.15, 0.2) is 42.5 Å². The Hall–Kier alpha value is -2.39. The van der Waals surface area contributed by atoms with Gasteiger partial charge < -0.3 is 9.67 Å². The molecule has 0 spiro atoms. The van der Waals surface area contributed by atoms with Gasteiger partial charge in [0.1, 0.15) is 5.82 Å². The van der Waals surface area contributed by atoms with Crippen LogP contribution < -0.4 is 0 Å². The lowest BCUT2D eigenvalue weighted by Crippen LogP contribution is -2.02. The van der Waals surface area contributed by atoms with Gasteiger partial charge >= 0.3 is 0 Å². The molecule has 0 amide bonds. The highest BCUT2D eigenvalue weighted by Crippen LogP contribution is 2.22. The summed E-state index contributed by atoms with van der Waals surface area (Å²) >= 11 is 0. The number of hydrogen-bond acceptors (Lipinski definition) is 2. The van der Waals surface area contributed by atoms with Gasteiger partial charge in [-0.05, 0) is 55.2 Å². The molecule has 0 radical (unpaired) electrons. The third-order valence-corrected chi connectivity index (χ3v) is 4.16. The van der Waals surface area contributed by atoms with E-state index in [1.165, 1.54) is 11.1 Å². The number of imidazole rings is 1. The van der Waals surface area contributed by atoms with Gasteiger partial charge in [0.15, 0.2) is 0 Å². The highest BCUT2D eigenvalue weighted by Gasteiger charge is 2.10. The minimum absolute atomic E-state index is 0.187. The van der Waals surface area contributed by atoms with Crippen molar-refractivity contribution < 1.29 is 5.11 Å². The number of hydrogen-bond donors (Lipinski definition) is 1. The van der Waals surface area contributed by atoms with Crippen LogP contribution in [-0.4, -0.2) is 21.3 Å². The molecule has 0 aliphatic rings. The summed E-state index contributed by atoms with van der Waals surface area (Å²) in [6.07, 6.45) is 4.86. The number of benzene rings is 2. The Morgan fingerprint density at radius 3 is 2.52 bits per heavy atom. The van der Waals surface area contributed by atoms with Crippen molar-refractivity contribution in [3.05, 3.63) is 65.0 Å². The third-order valence-electron chi connectivity index (χ3n) is 4.16. The van der Waals surface area contributed by atoms with Crippen LogP contribution in [0.25, 0.3) is 23.2 Å². The fraction of sp³-hybridized carbons (Fsp3) is 0.250. The maximum Gasteiger partial charge on any atom is 0.133 e. The summed E-state index contributed by atoms with van der Waals surface area (Å²) in [6.45, 7) is 5.19. The zero-order valence-electron chi connectivity index (χ0n) is 13.7. The second kappa shape index (κ2) is 6.80. The zero-order valence-corrected chi connectivity index (χ0v) is 13.7. The summed E-state index contributed by atoms with van der Waals surface area (Å²) in [5.74, 6) is 0.933. The van der Waals surface area contributed by atoms with Crippen LogP contribution in [0.5, 0.6) is 0 Å². The van der Waals surface area contributed by atoms with Crippen molar-refractivity contribution >= 4 is 23.2 Å². The van der Waals surface area contributed by atoms with E-state index in [1.54, 1.807) is 0 Å². The molecule has 1 N–H and O–H groups in total. The first kappa shape index (κ1) is 15.5. The number of nitrogens with zero attached hydrogens (tertiary/aromatic N) is 2. The number of aliphatic hydroxyl groups is 1. The van der Waals surface area contributed by atoms with Crippen LogP contribution in [-0.2, 0) is 6.54 Å². The van der Waals surface area contributed by atoms with E-state index in [4.69, 9.17) is 4.98 Å². The Bertz CT molecular complexity index is 832. The molecule has 3 aromatic rings. The summed E-state index contributed by atoms with van der Waals surface area (Å²) < 4.78 is 2.19. The van der Waals surface area contributed by atoms with Crippen LogP contribution in [0.2, 0.25) is 0 Å². The first-order valence-electron chi connectivity index (χ1n) is 8.00. The van der Waals surface area contributed by atoms with Gasteiger partial charge in [0, 0.05) is 13.2 Å². The number of aliphatic hydroxyl groups excluding tert-OH is 1. The highest BCUT2D eigenvalue weighted by molar-refractivity contribution is 5.81. The highest BCUT2D eigenvalue weighted by atomic mass is 16.3. The molecule has 0 unspecified atom stereocenters. The monoisotopic (exact) mass is 306 g/mol. The van der Waals surface area contributed by atoms with Gasteiger partial charge in [-0.25, -0.2) is 4.98 Å². The Kier molecular flexibility index (Phi) is 4.58. The van der Waals surface area contributed by atoms with Crippen molar-refractivity contribution in [1.82, 2.24) is 9.55 Å². The summed E-state index contributed by atoms with van der Waals surface area (Å²) in [7, 11) is 0. The molecule has 0 aliphatic heterocycles. The number of aromatic nitrogens is 2. The van der Waals surface area contributed by atoms with Gasteiger partial charge in [-0.1, -0.05) is 36.4 Å². The van der Waals surface area contributed by atoms with Crippen LogP contribution in [0, 0.1) is 13.8 Å². The van der Waals surface area contributed by atoms with Crippen LogP contribution in [0.4, 0.5) is 0 Å². The van der Waals surface area contributed by atoms with Gasteiger partial charge in [0.05, 0.1) is 11.0 Å². The molecular weight excluding hydrogens is 284 g/mol. The second-order valence-corrected chi connectivity index (χ2v) is 5.87. The Labute approximate surface area is 136 Å². The van der Waals surface area contributed by atoms with Crippen molar-refractivity contribution in [1.29, 1.82) is 0 Å². The van der Waals surface area contributed by atoms with E-state index in [2.05, 4.69) is 54.8 Å². The van der Waals surface area contributed by atoms with Gasteiger partial charge in [-0.3, -0.25) is 0 Å². The molecule has 3 nitrogen and oxygen atoms in total. The number of aryl methyl sites for hydroxylation is 3. The minimum Gasteiger partial charge on any atom is -0.396 e. The van der Waals surface area contributed by atoms with E-state index in [0.29, 0.717) is 0 Å². The number of fused-ring (bicyclic) bond motifs is 1. The molecule has 23 heavy (non-hydrogen) atoms. The van der Waals surface area contributed by atoms with E-state index in [9.17, 15) is 5.11 Å². The fourth-order valence-electron chi connectivity index (χ4n) is 2.72. The molecule has 0 fully saturated rings. The summed E-state index contributed by atoms with van der Waals surface area (Å²) in [5, 5.41) is 9.18. The normalized spacial score (nSPS) is 11.6. The maximum absolute atomic E-state index is 9.18. The van der Waals surface area contributed by atoms with E-state index < -0.39 is 0 Å². The summed E-state index contributed by atoms with van der Waals surface area (Å²) in [5.41, 5.74) is 5.82. The van der Waals surface area contributed by atoms with Crippen molar-refractivity contribution in [3.63, 3.8) is 0 Å². The zero-order chi connectivity index (χ0) is 16.2. The quantitative estimate of drug-likeness (QED) is 0.767. The standard InChI is InChI=1S/C20H22N2O/c1-15-13-18-19(14-16(15)2)22(11-6-12-23)20(21-18)10-9-17-7-4-3-5-8-17/h3-5,7-10,13-14,23H,6,11-12H2,1-2H3/b10-9+. The second-order valence-electron chi connectivity index (χ2n) is 5.87. The average Bonchev–Trinajstić information content (AvgIpc) is 2.89. The van der Waals surface area contributed by atoms with Gasteiger partial charge in [0.2, 0.25) is 0 Å². The van der Waals surface area contributed by atoms with Gasteiger partial charge in [0.25, 0.3) is 0 Å². The Morgan fingerprint density at radius 1 is 1.04 bits per heavy atom. The predicted molar refractivity (Wildman–Crippen MR) is 96.3 cm³/mol. The molecule has 1 aromatic heterocycles. The lowest BCUT2D eigenvalue weighted by atomic mass is 10.1. The SMILES string of the molecule is Cc1cc2nc(/C=C/c3ccccc3)n(CCCO)c2cc1C.